The van der Waals surface area contributed by atoms with Crippen molar-refractivity contribution in [3.8, 4) is 0 Å². The molecule has 0 aromatic carbocycles. The molecule has 3 unspecified atom stereocenters. The normalized spacial score (nSPS) is 15.8. The summed E-state index contributed by atoms with van der Waals surface area (Å²) in [6.45, 7) is 6.39. The van der Waals surface area contributed by atoms with Crippen LogP contribution in [0.3, 0.4) is 0 Å². The number of aliphatic carboxylic acids is 3. The Morgan fingerprint density at radius 2 is 0.811 bits per heavy atom. The number of unbranched alkanes of at least 4 members (excludes halogenated alkanes) is 17. The molecule has 0 radical (unpaired) electrons. The number of carboxylic acid groups (broad SMARTS) is 3. The molecule has 0 heterocycles. The van der Waals surface area contributed by atoms with E-state index < -0.39 is 40.5 Å². The smallest absolute Gasteiger partial charge is 0.362 e. The molecule has 7 heteroatoms. The van der Waals surface area contributed by atoms with Crippen molar-refractivity contribution in [2.75, 3.05) is 0 Å². The maximum Gasteiger partial charge on any atom is 0.362 e. The molecule has 0 fully saturated rings. The van der Waals surface area contributed by atoms with Crippen molar-refractivity contribution >= 4 is 17.9 Å². The summed E-state index contributed by atoms with van der Waals surface area (Å²) in [6.07, 6.45) is 25.9. The topological polar surface area (TPSA) is 112 Å². The fourth-order valence-corrected chi connectivity index (χ4v) is 5.21. The Labute approximate surface area is 225 Å². The summed E-state index contributed by atoms with van der Waals surface area (Å²) in [6, 6.07) is -3.61. The molecule has 0 saturated heterocycles. The summed E-state index contributed by atoms with van der Waals surface area (Å²) in [4.78, 5) is 35.3. The number of hydrogen-bond acceptors (Lipinski definition) is 3. The van der Waals surface area contributed by atoms with E-state index in [2.05, 4.69) is 6.92 Å². The molecule has 216 valence electrons. The second-order valence-electron chi connectivity index (χ2n) is 10.8. The second-order valence-corrected chi connectivity index (χ2v) is 10.8. The van der Waals surface area contributed by atoms with Crippen LogP contribution >= 0.6 is 0 Å². The first-order valence-electron chi connectivity index (χ1n) is 14.9. The van der Waals surface area contributed by atoms with Crippen molar-refractivity contribution in [1.82, 2.24) is 0 Å². The molecule has 0 spiro atoms. The summed E-state index contributed by atoms with van der Waals surface area (Å²) in [5.74, 6) is -3.66. The van der Waals surface area contributed by atoms with E-state index in [-0.39, 0.29) is 0 Å². The lowest BCUT2D eigenvalue weighted by Crippen LogP contribution is -2.67. The minimum atomic E-state index is -1.22. The van der Waals surface area contributed by atoms with E-state index in [1.165, 1.54) is 117 Å². The molecule has 7 nitrogen and oxygen atoms in total. The highest BCUT2D eigenvalue weighted by Gasteiger charge is 2.51. The fraction of sp³-hybridized carbons (Fsp3) is 0.833. The van der Waals surface area contributed by atoms with Gasteiger partial charge in [0.1, 0.15) is 0 Å². The number of carboxylic acids is 3. The lowest BCUT2D eigenvalue weighted by Gasteiger charge is -2.44. The van der Waals surface area contributed by atoms with Crippen molar-refractivity contribution < 1.29 is 34.2 Å². The van der Waals surface area contributed by atoms with Gasteiger partial charge in [-0.1, -0.05) is 110 Å². The van der Waals surface area contributed by atoms with Crippen LogP contribution in [0, 0.1) is 0 Å². The van der Waals surface area contributed by atoms with E-state index in [0.717, 1.165) is 19.3 Å². The fourth-order valence-electron chi connectivity index (χ4n) is 5.21. The molecule has 0 rings (SSSR count). The van der Waals surface area contributed by atoms with E-state index >= 15 is 0 Å². The molecule has 0 bridgehead atoms. The maximum absolute atomic E-state index is 11.8. The Bertz CT molecular complexity index is 612. The molecule has 0 aliphatic carbocycles. The second kappa shape index (κ2) is 21.1. The van der Waals surface area contributed by atoms with Crippen LogP contribution in [0.5, 0.6) is 0 Å². The largest absolute Gasteiger partial charge is 0.477 e. The third-order valence-corrected chi connectivity index (χ3v) is 7.92. The number of quaternary nitrogens is 1. The molecular formula is C30H56NO6+. The van der Waals surface area contributed by atoms with Crippen LogP contribution in [0.4, 0.5) is 0 Å². The van der Waals surface area contributed by atoms with Crippen LogP contribution in [-0.4, -0.2) is 55.8 Å². The van der Waals surface area contributed by atoms with Crippen molar-refractivity contribution in [2.45, 2.75) is 161 Å². The van der Waals surface area contributed by atoms with Gasteiger partial charge in [0, 0.05) is 0 Å². The molecule has 0 aliphatic heterocycles. The Kier molecular flexibility index (Phi) is 20.0. The van der Waals surface area contributed by atoms with Gasteiger partial charge >= 0.3 is 17.9 Å². The van der Waals surface area contributed by atoms with Crippen LogP contribution in [0.1, 0.15) is 143 Å². The van der Waals surface area contributed by atoms with Gasteiger partial charge in [0.25, 0.3) is 0 Å². The Morgan fingerprint density at radius 3 is 1.08 bits per heavy atom. The zero-order valence-corrected chi connectivity index (χ0v) is 24.1. The summed E-state index contributed by atoms with van der Waals surface area (Å²) >= 11 is 0. The van der Waals surface area contributed by atoms with Gasteiger partial charge in [0.2, 0.25) is 0 Å². The molecule has 0 saturated carbocycles. The van der Waals surface area contributed by atoms with E-state index in [4.69, 9.17) is 0 Å². The highest BCUT2D eigenvalue weighted by Crippen LogP contribution is 2.27. The number of allylic oxidation sites excluding steroid dienone is 1. The van der Waals surface area contributed by atoms with Gasteiger partial charge in [-0.25, -0.2) is 14.4 Å². The molecule has 0 aliphatic rings. The average Bonchev–Trinajstić information content (AvgIpc) is 2.86. The van der Waals surface area contributed by atoms with Crippen LogP contribution in [0.25, 0.3) is 0 Å². The van der Waals surface area contributed by atoms with Crippen LogP contribution < -0.4 is 0 Å². The zero-order valence-electron chi connectivity index (χ0n) is 24.1. The number of carbonyl (C=O) groups is 3. The lowest BCUT2D eigenvalue weighted by atomic mass is 10.0. The van der Waals surface area contributed by atoms with Gasteiger partial charge in [0.05, 0.1) is 6.20 Å². The predicted molar refractivity (Wildman–Crippen MR) is 149 cm³/mol. The van der Waals surface area contributed by atoms with Crippen LogP contribution in [-0.2, 0) is 14.4 Å². The highest BCUT2D eigenvalue weighted by molar-refractivity contribution is 5.77. The summed E-state index contributed by atoms with van der Waals surface area (Å²) in [7, 11) is 0. The zero-order chi connectivity index (χ0) is 28.1. The van der Waals surface area contributed by atoms with Gasteiger partial charge in [-0.2, -0.15) is 0 Å². The minimum Gasteiger partial charge on any atom is -0.477 e. The monoisotopic (exact) mass is 526 g/mol. The van der Waals surface area contributed by atoms with Gasteiger partial charge in [-0.15, -0.1) is 0 Å². The van der Waals surface area contributed by atoms with Crippen molar-refractivity contribution in [1.29, 1.82) is 0 Å². The number of hydrogen-bond donors (Lipinski definition) is 3. The molecule has 37 heavy (non-hydrogen) atoms. The molecule has 0 amide bonds. The van der Waals surface area contributed by atoms with Gasteiger partial charge in [-0.05, 0) is 39.7 Å². The standard InChI is InChI=1S/C30H55NO6/c1-5-6-7-8-9-10-11-12-13-14-15-16-17-18-19-20-21-22-23-24-31(25(2)28(32)33,26(3)29(34)35)27(4)30(36)37/h23-27H,5-22H2,1-4H3,(H2-,32,33,34,35,36,37)/p+1/b24-23+. The van der Waals surface area contributed by atoms with Crippen molar-refractivity contribution in [3.63, 3.8) is 0 Å². The van der Waals surface area contributed by atoms with Gasteiger partial charge in [0.15, 0.2) is 18.1 Å². The van der Waals surface area contributed by atoms with Crippen molar-refractivity contribution in [2.24, 2.45) is 0 Å². The lowest BCUT2D eigenvalue weighted by molar-refractivity contribution is -0.922. The number of rotatable bonds is 25. The predicted octanol–water partition coefficient (Wildman–Crippen LogP) is 7.78. The summed E-state index contributed by atoms with van der Waals surface area (Å²) < 4.78 is -0.654. The third kappa shape index (κ3) is 14.0. The minimum absolute atomic E-state index is 0.654. The third-order valence-electron chi connectivity index (χ3n) is 7.92. The summed E-state index contributed by atoms with van der Waals surface area (Å²) in [5.41, 5.74) is 0. The van der Waals surface area contributed by atoms with Gasteiger partial charge in [-0.3, -0.25) is 4.48 Å². The maximum atomic E-state index is 11.8. The summed E-state index contributed by atoms with van der Waals surface area (Å²) in [5, 5.41) is 28.8. The Hall–Kier alpha value is -1.89. The first-order chi connectivity index (χ1) is 17.6. The Morgan fingerprint density at radius 1 is 0.541 bits per heavy atom. The van der Waals surface area contributed by atoms with E-state index in [1.807, 2.05) is 0 Å². The SMILES string of the molecule is CCCCCCCCCCCCCCCCCCC/C=C/[N+](C(C)C(=O)O)(C(C)C(=O)O)C(C)C(=O)O. The highest BCUT2D eigenvalue weighted by atomic mass is 16.4. The van der Waals surface area contributed by atoms with E-state index in [1.54, 1.807) is 6.08 Å². The first kappa shape index (κ1) is 35.1. The molecule has 0 aromatic rings. The molecule has 3 N–H and O–H groups in total. The first-order valence-corrected chi connectivity index (χ1v) is 14.9. The molecular weight excluding hydrogens is 470 g/mol. The van der Waals surface area contributed by atoms with Crippen LogP contribution in [0.2, 0.25) is 0 Å². The molecule has 3 atom stereocenters. The van der Waals surface area contributed by atoms with E-state index in [9.17, 15) is 29.7 Å². The van der Waals surface area contributed by atoms with Gasteiger partial charge < -0.3 is 15.3 Å². The molecule has 0 aromatic heterocycles. The quantitative estimate of drug-likeness (QED) is 0.0827. The van der Waals surface area contributed by atoms with Crippen LogP contribution in [0.15, 0.2) is 12.3 Å². The average molecular weight is 527 g/mol. The Balaban J connectivity index is 4.21. The van der Waals surface area contributed by atoms with E-state index in [0.29, 0.717) is 6.42 Å². The number of nitrogens with zero attached hydrogens (tertiary/aromatic N) is 1. The van der Waals surface area contributed by atoms with Crippen molar-refractivity contribution in [3.05, 3.63) is 12.3 Å².